The summed E-state index contributed by atoms with van der Waals surface area (Å²) in [6.07, 6.45) is 3.70. The van der Waals surface area contributed by atoms with Crippen LogP contribution in [0.1, 0.15) is 30.1 Å². The molecule has 1 aliphatic heterocycles. The van der Waals surface area contributed by atoms with Gasteiger partial charge in [0.15, 0.2) is 6.61 Å². The number of benzene rings is 3. The molecule has 2 heterocycles. The first-order valence-electron chi connectivity index (χ1n) is 13.5. The van der Waals surface area contributed by atoms with Gasteiger partial charge in [0.2, 0.25) is 5.91 Å². The molecule has 0 unspecified atom stereocenters. The molecule has 4 aromatic rings. The van der Waals surface area contributed by atoms with E-state index in [4.69, 9.17) is 25.8 Å². The van der Waals surface area contributed by atoms with Gasteiger partial charge in [-0.15, -0.1) is 0 Å². The maximum atomic E-state index is 14.4. The Morgan fingerprint density at radius 1 is 0.902 bits per heavy atom. The van der Waals surface area contributed by atoms with Crippen LogP contribution in [0.15, 0.2) is 85.1 Å². The maximum Gasteiger partial charge on any atom is 0.261 e. The number of nitrogens with zero attached hydrogens (tertiary/aromatic N) is 3. The molecule has 210 valence electrons. The van der Waals surface area contributed by atoms with E-state index in [1.807, 2.05) is 60.8 Å². The zero-order chi connectivity index (χ0) is 28.5. The van der Waals surface area contributed by atoms with Crippen molar-refractivity contribution in [2.24, 2.45) is 0 Å². The zero-order valence-electron chi connectivity index (χ0n) is 22.8. The molecule has 3 aromatic carbocycles. The molecule has 2 aliphatic rings. The monoisotopic (exact) mass is 571 g/mol. The summed E-state index contributed by atoms with van der Waals surface area (Å²) in [5.41, 5.74) is 3.31. The van der Waals surface area contributed by atoms with Gasteiger partial charge in [-0.2, -0.15) is 0 Å². The lowest BCUT2D eigenvalue weighted by Crippen LogP contribution is -2.48. The van der Waals surface area contributed by atoms with Crippen molar-refractivity contribution in [3.8, 4) is 22.9 Å². The van der Waals surface area contributed by atoms with E-state index in [0.29, 0.717) is 22.3 Å². The standard InChI is InChI=1S/C32H30ClN3O5/c1-39-24-15-16-29(40-2)25(18-24)32-28-8-5-17-34(28)26-6-3-4-7-27(26)36(32)30(37)19-35(22-11-12-22)31(38)20-41-23-13-9-21(33)10-14-23/h3-10,13-18,22,32H,11-12,19-20H2,1-2H3/t32-/m1/s1. The Hall–Kier alpha value is -4.43. The van der Waals surface area contributed by atoms with E-state index in [9.17, 15) is 9.59 Å². The van der Waals surface area contributed by atoms with Crippen LogP contribution < -0.4 is 19.1 Å². The number of carbonyl (C=O) groups excluding carboxylic acids is 2. The van der Waals surface area contributed by atoms with Gasteiger partial charge in [0.25, 0.3) is 5.91 Å². The summed E-state index contributed by atoms with van der Waals surface area (Å²) in [4.78, 5) is 31.2. The Labute approximate surface area is 243 Å². The molecule has 9 heteroatoms. The van der Waals surface area contributed by atoms with E-state index in [-0.39, 0.29) is 31.0 Å². The van der Waals surface area contributed by atoms with Crippen LogP contribution >= 0.6 is 11.6 Å². The van der Waals surface area contributed by atoms with E-state index < -0.39 is 6.04 Å². The minimum absolute atomic E-state index is 0.00830. The van der Waals surface area contributed by atoms with E-state index in [0.717, 1.165) is 35.5 Å². The molecule has 0 bridgehead atoms. The average Bonchev–Trinajstić information content (AvgIpc) is 3.73. The number of aromatic nitrogens is 1. The number of anilines is 1. The van der Waals surface area contributed by atoms with Gasteiger partial charge in [0.05, 0.1) is 31.3 Å². The SMILES string of the molecule is COc1ccc(OC)c([C@@H]2c3cccn3-c3ccccc3N2C(=O)CN(C(=O)COc2ccc(Cl)cc2)C2CC2)c1. The maximum absolute atomic E-state index is 14.4. The number of methoxy groups -OCH3 is 2. The highest BCUT2D eigenvalue weighted by molar-refractivity contribution is 6.30. The zero-order valence-corrected chi connectivity index (χ0v) is 23.6. The van der Waals surface area contributed by atoms with Gasteiger partial charge >= 0.3 is 0 Å². The molecule has 1 aromatic heterocycles. The minimum Gasteiger partial charge on any atom is -0.497 e. The van der Waals surface area contributed by atoms with Crippen LogP contribution in [-0.4, -0.2) is 54.7 Å². The molecule has 2 amide bonds. The molecule has 6 rings (SSSR count). The fourth-order valence-electron chi connectivity index (χ4n) is 5.40. The normalized spacial score (nSPS) is 15.5. The Morgan fingerprint density at radius 3 is 2.34 bits per heavy atom. The summed E-state index contributed by atoms with van der Waals surface area (Å²) in [7, 11) is 3.22. The number of hydrogen-bond acceptors (Lipinski definition) is 5. The second kappa shape index (κ2) is 11.2. The first-order chi connectivity index (χ1) is 20.0. The van der Waals surface area contributed by atoms with Crippen molar-refractivity contribution in [3.05, 3.63) is 101 Å². The lowest BCUT2D eigenvalue weighted by Gasteiger charge is -2.40. The smallest absolute Gasteiger partial charge is 0.261 e. The van der Waals surface area contributed by atoms with E-state index >= 15 is 0 Å². The van der Waals surface area contributed by atoms with Gasteiger partial charge in [0, 0.05) is 22.8 Å². The van der Waals surface area contributed by atoms with Crippen LogP contribution in [0.2, 0.25) is 5.02 Å². The molecule has 0 N–H and O–H groups in total. The van der Waals surface area contributed by atoms with Crippen LogP contribution in [0.25, 0.3) is 5.69 Å². The first-order valence-corrected chi connectivity index (χ1v) is 13.8. The Balaban J connectivity index is 1.35. The predicted octanol–water partition coefficient (Wildman–Crippen LogP) is 5.65. The molecule has 1 aliphatic carbocycles. The second-order valence-corrected chi connectivity index (χ2v) is 10.5. The molecule has 0 spiro atoms. The van der Waals surface area contributed by atoms with Gasteiger partial charge in [0.1, 0.15) is 29.8 Å². The molecular formula is C32H30ClN3O5. The largest absolute Gasteiger partial charge is 0.497 e. The summed E-state index contributed by atoms with van der Waals surface area (Å²) in [6.45, 7) is -0.247. The van der Waals surface area contributed by atoms with Crippen molar-refractivity contribution in [3.63, 3.8) is 0 Å². The van der Waals surface area contributed by atoms with Gasteiger partial charge in [-0.05, 0) is 79.6 Å². The number of fused-ring (bicyclic) bond motifs is 3. The van der Waals surface area contributed by atoms with Crippen LogP contribution in [0.5, 0.6) is 17.2 Å². The van der Waals surface area contributed by atoms with Crippen molar-refractivity contribution in [2.45, 2.75) is 24.9 Å². The summed E-state index contributed by atoms with van der Waals surface area (Å²) in [6, 6.07) is 23.7. The third-order valence-corrected chi connectivity index (χ3v) is 7.76. The third-order valence-electron chi connectivity index (χ3n) is 7.51. The molecule has 41 heavy (non-hydrogen) atoms. The minimum atomic E-state index is -0.515. The fourth-order valence-corrected chi connectivity index (χ4v) is 5.52. The fraction of sp³-hybridized carbons (Fsp3) is 0.250. The second-order valence-electron chi connectivity index (χ2n) is 10.1. The van der Waals surface area contributed by atoms with Gasteiger partial charge < -0.3 is 23.7 Å². The molecule has 1 fully saturated rings. The van der Waals surface area contributed by atoms with E-state index in [1.165, 1.54) is 0 Å². The summed E-state index contributed by atoms with van der Waals surface area (Å²) >= 11 is 5.97. The lowest BCUT2D eigenvalue weighted by molar-refractivity contribution is -0.137. The number of halogens is 1. The van der Waals surface area contributed by atoms with Crippen LogP contribution in [0, 0.1) is 0 Å². The Bertz CT molecular complexity index is 1580. The topological polar surface area (TPSA) is 73.2 Å². The van der Waals surface area contributed by atoms with Crippen LogP contribution in [0.3, 0.4) is 0 Å². The van der Waals surface area contributed by atoms with Crippen molar-refractivity contribution < 1.29 is 23.8 Å². The van der Waals surface area contributed by atoms with Crippen LogP contribution in [0.4, 0.5) is 5.69 Å². The van der Waals surface area contributed by atoms with E-state index in [1.54, 1.807) is 48.3 Å². The lowest BCUT2D eigenvalue weighted by atomic mass is 9.96. The number of para-hydroxylation sites is 2. The van der Waals surface area contributed by atoms with E-state index in [2.05, 4.69) is 4.57 Å². The quantitative estimate of drug-likeness (QED) is 0.259. The number of hydrogen-bond donors (Lipinski definition) is 0. The van der Waals surface area contributed by atoms with Crippen LogP contribution in [-0.2, 0) is 9.59 Å². The van der Waals surface area contributed by atoms with Crippen molar-refractivity contribution in [1.29, 1.82) is 0 Å². The molecule has 1 saturated carbocycles. The molecule has 8 nitrogen and oxygen atoms in total. The van der Waals surface area contributed by atoms with Gasteiger partial charge in [-0.25, -0.2) is 0 Å². The highest BCUT2D eigenvalue weighted by Crippen LogP contribution is 2.45. The van der Waals surface area contributed by atoms with Gasteiger partial charge in [-0.1, -0.05) is 23.7 Å². The number of rotatable bonds is 9. The third kappa shape index (κ3) is 5.23. The molecular weight excluding hydrogens is 542 g/mol. The number of ether oxygens (including phenoxy) is 3. The number of amides is 2. The molecule has 0 radical (unpaired) electrons. The molecule has 0 saturated heterocycles. The summed E-state index contributed by atoms with van der Waals surface area (Å²) in [5, 5.41) is 0.587. The van der Waals surface area contributed by atoms with Crippen molar-refractivity contribution in [1.82, 2.24) is 9.47 Å². The highest BCUT2D eigenvalue weighted by atomic mass is 35.5. The summed E-state index contributed by atoms with van der Waals surface area (Å²) < 4.78 is 19.1. The molecule has 1 atom stereocenters. The Kier molecular flexibility index (Phi) is 7.32. The predicted molar refractivity (Wildman–Crippen MR) is 156 cm³/mol. The Morgan fingerprint density at radius 2 is 1.63 bits per heavy atom. The highest BCUT2D eigenvalue weighted by Gasteiger charge is 2.41. The number of carbonyl (C=O) groups is 2. The van der Waals surface area contributed by atoms with Crippen molar-refractivity contribution >= 4 is 29.1 Å². The summed E-state index contributed by atoms with van der Waals surface area (Å²) in [5.74, 6) is 1.39. The van der Waals surface area contributed by atoms with Crippen molar-refractivity contribution in [2.75, 3.05) is 32.3 Å². The van der Waals surface area contributed by atoms with Gasteiger partial charge in [-0.3, -0.25) is 14.5 Å². The average molecular weight is 572 g/mol. The first kappa shape index (κ1) is 26.8.